The highest BCUT2D eigenvalue weighted by molar-refractivity contribution is 5.90. The second-order valence-corrected chi connectivity index (χ2v) is 4.28. The van der Waals surface area contributed by atoms with Crippen LogP contribution in [0.15, 0.2) is 12.1 Å². The number of anilines is 1. The zero-order valence-electron chi connectivity index (χ0n) is 10.5. The molecule has 0 atom stereocenters. The molecule has 1 N–H and O–H groups in total. The van der Waals surface area contributed by atoms with Crippen molar-refractivity contribution in [2.75, 3.05) is 5.32 Å². The van der Waals surface area contributed by atoms with E-state index >= 15 is 0 Å². The van der Waals surface area contributed by atoms with E-state index in [-0.39, 0.29) is 12.0 Å². The summed E-state index contributed by atoms with van der Waals surface area (Å²) in [5, 5.41) is 2.78. The van der Waals surface area contributed by atoms with Crippen LogP contribution in [0.4, 0.5) is 5.69 Å². The van der Waals surface area contributed by atoms with Crippen LogP contribution in [0.1, 0.15) is 31.9 Å². The topological polar surface area (TPSA) is 38.3 Å². The molecule has 0 spiro atoms. The molecule has 88 valence electrons. The van der Waals surface area contributed by atoms with Crippen molar-refractivity contribution in [1.82, 2.24) is 0 Å². The molecule has 0 heterocycles. The molecule has 0 saturated carbocycles. The first-order chi connectivity index (χ1) is 7.40. The van der Waals surface area contributed by atoms with E-state index in [4.69, 9.17) is 4.74 Å². The number of ether oxygens (including phenoxy) is 1. The lowest BCUT2D eigenvalue weighted by Crippen LogP contribution is -2.12. The standard InChI is InChI=1S/C13H19NO2/c1-8(2)16-13-7-10(4)9(3)6-12(13)14-11(5)15/h6-8H,1-5H3,(H,14,15). The summed E-state index contributed by atoms with van der Waals surface area (Å²) in [6, 6.07) is 3.90. The second kappa shape index (κ2) is 5.01. The highest BCUT2D eigenvalue weighted by Crippen LogP contribution is 2.29. The average molecular weight is 221 g/mol. The Hall–Kier alpha value is -1.51. The van der Waals surface area contributed by atoms with Gasteiger partial charge in [0.15, 0.2) is 0 Å². The van der Waals surface area contributed by atoms with Gasteiger partial charge in [-0.05, 0) is 51.0 Å². The van der Waals surface area contributed by atoms with Crippen molar-refractivity contribution >= 4 is 11.6 Å². The third kappa shape index (κ3) is 3.26. The van der Waals surface area contributed by atoms with Gasteiger partial charge in [0, 0.05) is 6.92 Å². The van der Waals surface area contributed by atoms with Gasteiger partial charge in [0.1, 0.15) is 5.75 Å². The molecule has 16 heavy (non-hydrogen) atoms. The van der Waals surface area contributed by atoms with Crippen LogP contribution in [-0.4, -0.2) is 12.0 Å². The number of rotatable bonds is 3. The summed E-state index contributed by atoms with van der Waals surface area (Å²) in [6.45, 7) is 9.47. The number of aryl methyl sites for hydroxylation is 2. The molecule has 0 bridgehead atoms. The highest BCUT2D eigenvalue weighted by Gasteiger charge is 2.09. The monoisotopic (exact) mass is 221 g/mol. The molecule has 0 aromatic heterocycles. The molecule has 1 aromatic rings. The van der Waals surface area contributed by atoms with Crippen molar-refractivity contribution in [3.05, 3.63) is 23.3 Å². The van der Waals surface area contributed by atoms with E-state index < -0.39 is 0 Å². The summed E-state index contributed by atoms with van der Waals surface area (Å²) < 4.78 is 5.67. The van der Waals surface area contributed by atoms with E-state index in [1.165, 1.54) is 6.92 Å². The van der Waals surface area contributed by atoms with Gasteiger partial charge in [-0.25, -0.2) is 0 Å². The van der Waals surface area contributed by atoms with Crippen LogP contribution in [0.2, 0.25) is 0 Å². The molecule has 1 aromatic carbocycles. The average Bonchev–Trinajstić information content (AvgIpc) is 2.11. The molecule has 0 aliphatic carbocycles. The normalized spacial score (nSPS) is 10.4. The van der Waals surface area contributed by atoms with Crippen molar-refractivity contribution in [1.29, 1.82) is 0 Å². The smallest absolute Gasteiger partial charge is 0.221 e. The summed E-state index contributed by atoms with van der Waals surface area (Å²) in [5.74, 6) is 0.644. The van der Waals surface area contributed by atoms with E-state index in [2.05, 4.69) is 5.32 Å². The fourth-order valence-electron chi connectivity index (χ4n) is 1.43. The molecule has 1 rings (SSSR count). The largest absolute Gasteiger partial charge is 0.489 e. The predicted octanol–water partition coefficient (Wildman–Crippen LogP) is 3.05. The van der Waals surface area contributed by atoms with Gasteiger partial charge in [0.05, 0.1) is 11.8 Å². The van der Waals surface area contributed by atoms with E-state index in [9.17, 15) is 4.79 Å². The predicted molar refractivity (Wildman–Crippen MR) is 66.0 cm³/mol. The highest BCUT2D eigenvalue weighted by atomic mass is 16.5. The van der Waals surface area contributed by atoms with Crippen LogP contribution in [0.25, 0.3) is 0 Å². The van der Waals surface area contributed by atoms with Crippen molar-refractivity contribution < 1.29 is 9.53 Å². The van der Waals surface area contributed by atoms with Crippen molar-refractivity contribution in [2.24, 2.45) is 0 Å². The quantitative estimate of drug-likeness (QED) is 0.852. The van der Waals surface area contributed by atoms with Gasteiger partial charge in [-0.15, -0.1) is 0 Å². The molecule has 0 aliphatic rings. The molecule has 1 amide bonds. The number of carbonyl (C=O) groups is 1. The minimum atomic E-state index is -0.0862. The first-order valence-electron chi connectivity index (χ1n) is 5.45. The Bertz CT molecular complexity index is 397. The Morgan fingerprint density at radius 3 is 2.31 bits per heavy atom. The molecule has 0 saturated heterocycles. The minimum Gasteiger partial charge on any atom is -0.489 e. The Balaban J connectivity index is 3.11. The first-order valence-corrected chi connectivity index (χ1v) is 5.45. The molecule has 0 aliphatic heterocycles. The van der Waals surface area contributed by atoms with Crippen LogP contribution in [0.5, 0.6) is 5.75 Å². The number of benzene rings is 1. The Morgan fingerprint density at radius 2 is 1.81 bits per heavy atom. The molecule has 0 fully saturated rings. The van der Waals surface area contributed by atoms with Gasteiger partial charge in [-0.3, -0.25) is 4.79 Å². The van der Waals surface area contributed by atoms with Gasteiger partial charge >= 0.3 is 0 Å². The van der Waals surface area contributed by atoms with Crippen LogP contribution in [0.3, 0.4) is 0 Å². The summed E-state index contributed by atoms with van der Waals surface area (Å²) in [6.07, 6.45) is 0.0922. The van der Waals surface area contributed by atoms with Crippen LogP contribution in [0, 0.1) is 13.8 Å². The van der Waals surface area contributed by atoms with Gasteiger partial charge in [-0.2, -0.15) is 0 Å². The molecular formula is C13H19NO2. The Kier molecular flexibility index (Phi) is 3.93. The minimum absolute atomic E-state index is 0.0862. The Morgan fingerprint density at radius 1 is 1.25 bits per heavy atom. The van der Waals surface area contributed by atoms with Gasteiger partial charge in [-0.1, -0.05) is 0 Å². The lowest BCUT2D eigenvalue weighted by atomic mass is 10.1. The lowest BCUT2D eigenvalue weighted by molar-refractivity contribution is -0.114. The molecule has 0 unspecified atom stereocenters. The van der Waals surface area contributed by atoms with E-state index in [0.717, 1.165) is 22.6 Å². The molecular weight excluding hydrogens is 202 g/mol. The second-order valence-electron chi connectivity index (χ2n) is 4.28. The molecule has 3 nitrogen and oxygen atoms in total. The third-order valence-corrected chi connectivity index (χ3v) is 2.27. The third-order valence-electron chi connectivity index (χ3n) is 2.27. The maximum absolute atomic E-state index is 11.1. The molecule has 0 radical (unpaired) electrons. The number of hydrogen-bond donors (Lipinski definition) is 1. The van der Waals surface area contributed by atoms with Crippen LogP contribution >= 0.6 is 0 Å². The Labute approximate surface area is 96.8 Å². The van der Waals surface area contributed by atoms with Crippen molar-refractivity contribution in [2.45, 2.75) is 40.7 Å². The number of carbonyl (C=O) groups excluding carboxylic acids is 1. The summed E-state index contributed by atoms with van der Waals surface area (Å²) in [4.78, 5) is 11.1. The van der Waals surface area contributed by atoms with E-state index in [1.54, 1.807) is 0 Å². The zero-order valence-corrected chi connectivity index (χ0v) is 10.5. The molecule has 3 heteroatoms. The summed E-state index contributed by atoms with van der Waals surface area (Å²) in [5.41, 5.74) is 3.04. The van der Waals surface area contributed by atoms with E-state index in [0.29, 0.717) is 0 Å². The fraction of sp³-hybridized carbons (Fsp3) is 0.462. The van der Waals surface area contributed by atoms with Crippen molar-refractivity contribution in [3.8, 4) is 5.75 Å². The van der Waals surface area contributed by atoms with Crippen LogP contribution < -0.4 is 10.1 Å². The van der Waals surface area contributed by atoms with Crippen molar-refractivity contribution in [3.63, 3.8) is 0 Å². The van der Waals surface area contributed by atoms with Gasteiger partial charge in [0.25, 0.3) is 0 Å². The lowest BCUT2D eigenvalue weighted by Gasteiger charge is -2.16. The first kappa shape index (κ1) is 12.6. The summed E-state index contributed by atoms with van der Waals surface area (Å²) >= 11 is 0. The summed E-state index contributed by atoms with van der Waals surface area (Å²) in [7, 11) is 0. The SMILES string of the molecule is CC(=O)Nc1cc(C)c(C)cc1OC(C)C. The maximum Gasteiger partial charge on any atom is 0.221 e. The van der Waals surface area contributed by atoms with Gasteiger partial charge in [0.2, 0.25) is 5.91 Å². The number of nitrogens with one attached hydrogen (secondary N) is 1. The number of amides is 1. The number of hydrogen-bond acceptors (Lipinski definition) is 2. The fourth-order valence-corrected chi connectivity index (χ4v) is 1.43. The van der Waals surface area contributed by atoms with Crippen LogP contribution in [-0.2, 0) is 4.79 Å². The zero-order chi connectivity index (χ0) is 12.3. The van der Waals surface area contributed by atoms with Gasteiger partial charge < -0.3 is 10.1 Å². The van der Waals surface area contributed by atoms with E-state index in [1.807, 2.05) is 39.8 Å². The maximum atomic E-state index is 11.1.